The number of carbonyl (C=O) groups is 1. The van der Waals surface area contributed by atoms with E-state index < -0.39 is 11.7 Å². The monoisotopic (exact) mass is 434 g/mol. The number of hydrogen-bond acceptors (Lipinski definition) is 2. The van der Waals surface area contributed by atoms with E-state index in [1.165, 1.54) is 6.07 Å². The summed E-state index contributed by atoms with van der Waals surface area (Å²) in [6.07, 6.45) is -4.37. The highest BCUT2D eigenvalue weighted by Crippen LogP contribution is 2.32. The van der Waals surface area contributed by atoms with Crippen LogP contribution >= 0.6 is 0 Å². The maximum Gasteiger partial charge on any atom is 0.416 e. The van der Waals surface area contributed by atoms with Crippen LogP contribution in [0.4, 0.5) is 18.9 Å². The quantitative estimate of drug-likeness (QED) is 0.526. The van der Waals surface area contributed by atoms with Crippen LogP contribution in [-0.4, -0.2) is 37.0 Å². The normalized spacial score (nSPS) is 14.0. The molecule has 3 aromatic carbocycles. The number of hydrogen-bond donors (Lipinski definition) is 0. The lowest BCUT2D eigenvalue weighted by Gasteiger charge is -2.36. The van der Waals surface area contributed by atoms with Crippen LogP contribution in [0.1, 0.15) is 27.0 Å². The average molecular weight is 434 g/mol. The highest BCUT2D eigenvalue weighted by Gasteiger charge is 2.31. The van der Waals surface area contributed by atoms with E-state index in [0.717, 1.165) is 23.3 Å². The second-order valence-electron chi connectivity index (χ2n) is 7.52. The first-order valence-electron chi connectivity index (χ1n) is 10.3. The maximum atomic E-state index is 13.0. The molecule has 3 aromatic rings. The fourth-order valence-corrected chi connectivity index (χ4v) is 3.63. The number of alkyl halides is 3. The minimum Gasteiger partial charge on any atom is -0.368 e. The van der Waals surface area contributed by atoms with Crippen molar-refractivity contribution in [2.45, 2.75) is 6.18 Å². The number of carbonyl (C=O) groups excluding carboxylic acids is 1. The van der Waals surface area contributed by atoms with E-state index in [1.807, 2.05) is 41.3 Å². The Hall–Kier alpha value is -3.72. The van der Waals surface area contributed by atoms with Gasteiger partial charge in [-0.05, 0) is 48.5 Å². The molecule has 1 aliphatic rings. The number of halogens is 3. The van der Waals surface area contributed by atoms with Gasteiger partial charge in [0.25, 0.3) is 5.91 Å². The van der Waals surface area contributed by atoms with E-state index in [9.17, 15) is 18.0 Å². The van der Waals surface area contributed by atoms with Gasteiger partial charge >= 0.3 is 6.18 Å². The van der Waals surface area contributed by atoms with Crippen LogP contribution in [0.2, 0.25) is 0 Å². The lowest BCUT2D eigenvalue weighted by Crippen LogP contribution is -2.48. The van der Waals surface area contributed by atoms with E-state index in [2.05, 4.69) is 11.8 Å². The van der Waals surface area contributed by atoms with Crippen molar-refractivity contribution in [3.05, 3.63) is 101 Å². The predicted octanol–water partition coefficient (Wildman–Crippen LogP) is 5.07. The molecule has 0 spiro atoms. The molecule has 0 radical (unpaired) electrons. The van der Waals surface area contributed by atoms with Crippen LogP contribution < -0.4 is 4.90 Å². The smallest absolute Gasteiger partial charge is 0.368 e. The molecule has 0 saturated carbocycles. The first-order valence-corrected chi connectivity index (χ1v) is 10.3. The fraction of sp³-hybridized carbons (Fsp3) is 0.192. The number of anilines is 1. The molecule has 162 valence electrons. The van der Waals surface area contributed by atoms with E-state index in [0.29, 0.717) is 37.4 Å². The molecule has 0 aromatic heterocycles. The number of amides is 1. The van der Waals surface area contributed by atoms with Gasteiger partial charge in [0.05, 0.1) is 5.56 Å². The Morgan fingerprint density at radius 2 is 1.41 bits per heavy atom. The molecule has 0 N–H and O–H groups in total. The van der Waals surface area contributed by atoms with Crippen molar-refractivity contribution in [3.63, 3.8) is 0 Å². The van der Waals surface area contributed by atoms with Gasteiger partial charge in [-0.1, -0.05) is 42.2 Å². The summed E-state index contributed by atoms with van der Waals surface area (Å²) in [7, 11) is 0. The van der Waals surface area contributed by atoms with Gasteiger partial charge in [-0.3, -0.25) is 4.79 Å². The van der Waals surface area contributed by atoms with Crippen LogP contribution in [0.5, 0.6) is 0 Å². The molecule has 0 aliphatic carbocycles. The molecular weight excluding hydrogens is 413 g/mol. The zero-order valence-corrected chi connectivity index (χ0v) is 17.3. The van der Waals surface area contributed by atoms with Crippen LogP contribution in [-0.2, 0) is 6.18 Å². The summed E-state index contributed by atoms with van der Waals surface area (Å²) in [5.41, 5.74) is 2.06. The summed E-state index contributed by atoms with van der Waals surface area (Å²) in [6.45, 7) is 1.82. The molecule has 1 amide bonds. The Morgan fingerprint density at radius 3 is 2.12 bits per heavy atom. The Morgan fingerprint density at radius 1 is 0.750 bits per heavy atom. The highest BCUT2D eigenvalue weighted by molar-refractivity contribution is 5.94. The number of rotatable bonds is 2. The Balaban J connectivity index is 1.41. The molecule has 0 atom stereocenters. The van der Waals surface area contributed by atoms with Crippen molar-refractivity contribution in [2.75, 3.05) is 31.1 Å². The Kier molecular flexibility index (Phi) is 6.18. The fourth-order valence-electron chi connectivity index (χ4n) is 3.63. The lowest BCUT2D eigenvalue weighted by molar-refractivity contribution is -0.137. The first kappa shape index (κ1) is 21.5. The summed E-state index contributed by atoms with van der Waals surface area (Å²) in [5.74, 6) is 6.07. The molecule has 1 aliphatic heterocycles. The molecule has 6 heteroatoms. The standard InChI is InChI=1S/C26H21F3N2O/c27-26(28,29)23-10-5-11-24(19-23)30-14-16-31(17-15-30)25(32)22-9-4-8-21(18-22)13-12-20-6-2-1-3-7-20/h1-11,18-19H,14-17H2. The summed E-state index contributed by atoms with van der Waals surface area (Å²) in [6, 6.07) is 22.1. The van der Waals surface area contributed by atoms with Gasteiger partial charge in [0, 0.05) is 48.6 Å². The topological polar surface area (TPSA) is 23.6 Å². The van der Waals surface area contributed by atoms with E-state index in [1.54, 1.807) is 29.2 Å². The number of nitrogens with zero attached hydrogens (tertiary/aromatic N) is 2. The molecule has 0 bridgehead atoms. The van der Waals surface area contributed by atoms with E-state index in [4.69, 9.17) is 0 Å². The van der Waals surface area contributed by atoms with Crippen LogP contribution in [0.3, 0.4) is 0 Å². The molecular formula is C26H21F3N2O. The van der Waals surface area contributed by atoms with Crippen LogP contribution in [0, 0.1) is 11.8 Å². The van der Waals surface area contributed by atoms with Crippen molar-refractivity contribution < 1.29 is 18.0 Å². The average Bonchev–Trinajstić information content (AvgIpc) is 2.83. The molecule has 4 rings (SSSR count). The Labute approximate surface area is 185 Å². The molecule has 0 unspecified atom stereocenters. The third-order valence-corrected chi connectivity index (χ3v) is 5.34. The summed E-state index contributed by atoms with van der Waals surface area (Å²) >= 11 is 0. The van der Waals surface area contributed by atoms with Crippen molar-refractivity contribution in [2.24, 2.45) is 0 Å². The zero-order chi connectivity index (χ0) is 22.6. The van der Waals surface area contributed by atoms with Gasteiger partial charge in [-0.2, -0.15) is 13.2 Å². The number of benzene rings is 3. The molecule has 3 nitrogen and oxygen atoms in total. The predicted molar refractivity (Wildman–Crippen MR) is 118 cm³/mol. The minimum absolute atomic E-state index is 0.1000. The summed E-state index contributed by atoms with van der Waals surface area (Å²) in [5, 5.41) is 0. The van der Waals surface area contributed by atoms with Crippen molar-refractivity contribution >= 4 is 11.6 Å². The second kappa shape index (κ2) is 9.19. The highest BCUT2D eigenvalue weighted by atomic mass is 19.4. The van der Waals surface area contributed by atoms with Gasteiger partial charge in [0.15, 0.2) is 0 Å². The minimum atomic E-state index is -4.37. The maximum absolute atomic E-state index is 13.0. The third-order valence-electron chi connectivity index (χ3n) is 5.34. The molecule has 1 saturated heterocycles. The molecule has 32 heavy (non-hydrogen) atoms. The van der Waals surface area contributed by atoms with Gasteiger partial charge in [-0.15, -0.1) is 0 Å². The van der Waals surface area contributed by atoms with E-state index >= 15 is 0 Å². The van der Waals surface area contributed by atoms with Crippen LogP contribution in [0.15, 0.2) is 78.9 Å². The second-order valence-corrected chi connectivity index (χ2v) is 7.52. The first-order chi connectivity index (χ1) is 15.4. The van der Waals surface area contributed by atoms with Crippen LogP contribution in [0.25, 0.3) is 0 Å². The number of piperazine rings is 1. The van der Waals surface area contributed by atoms with Gasteiger partial charge in [-0.25, -0.2) is 0 Å². The summed E-state index contributed by atoms with van der Waals surface area (Å²) < 4.78 is 39.0. The van der Waals surface area contributed by atoms with Crippen molar-refractivity contribution in [3.8, 4) is 11.8 Å². The van der Waals surface area contributed by atoms with Gasteiger partial charge in [0.1, 0.15) is 0 Å². The van der Waals surface area contributed by atoms with E-state index in [-0.39, 0.29) is 5.91 Å². The summed E-state index contributed by atoms with van der Waals surface area (Å²) in [4.78, 5) is 16.6. The van der Waals surface area contributed by atoms with Gasteiger partial charge < -0.3 is 9.80 Å². The van der Waals surface area contributed by atoms with Crippen molar-refractivity contribution in [1.82, 2.24) is 4.90 Å². The SMILES string of the molecule is O=C(c1cccc(C#Cc2ccccc2)c1)N1CCN(c2cccc(C(F)(F)F)c2)CC1. The third kappa shape index (κ3) is 5.12. The molecule has 1 heterocycles. The van der Waals surface area contributed by atoms with Crippen molar-refractivity contribution in [1.29, 1.82) is 0 Å². The molecule has 1 fully saturated rings. The zero-order valence-electron chi connectivity index (χ0n) is 17.3. The Bertz CT molecular complexity index is 1150. The van der Waals surface area contributed by atoms with Gasteiger partial charge in [0.2, 0.25) is 0 Å². The lowest BCUT2D eigenvalue weighted by atomic mass is 10.1. The largest absolute Gasteiger partial charge is 0.416 e.